The Morgan fingerprint density at radius 2 is 1.85 bits per heavy atom. The van der Waals surface area contributed by atoms with E-state index in [1.807, 2.05) is 33.8 Å². The molecular formula is C11H24N2. The first kappa shape index (κ1) is 14.7. The molecule has 1 aliphatic rings. The summed E-state index contributed by atoms with van der Waals surface area (Å²) in [5.41, 5.74) is 5.46. The van der Waals surface area contributed by atoms with Crippen LogP contribution in [0, 0.1) is 5.92 Å². The fraction of sp³-hybridized carbons (Fsp3) is 0.727. The Labute approximate surface area is 82.9 Å². The number of allylic oxidation sites excluding steroid dienone is 1. The first-order valence-corrected chi connectivity index (χ1v) is 5.25. The van der Waals surface area contributed by atoms with E-state index >= 15 is 0 Å². The van der Waals surface area contributed by atoms with Gasteiger partial charge in [-0.2, -0.15) is 0 Å². The highest BCUT2D eigenvalue weighted by atomic mass is 14.8. The van der Waals surface area contributed by atoms with Crippen LogP contribution in [0.25, 0.3) is 0 Å². The number of hydrogen-bond acceptors (Lipinski definition) is 2. The fourth-order valence-electron chi connectivity index (χ4n) is 0.810. The highest BCUT2D eigenvalue weighted by Gasteiger charge is 2.00. The molecule has 0 spiro atoms. The Morgan fingerprint density at radius 3 is 2.38 bits per heavy atom. The Bertz CT molecular complexity index is 148. The predicted molar refractivity (Wildman–Crippen MR) is 62.1 cm³/mol. The van der Waals surface area contributed by atoms with Gasteiger partial charge in [0, 0.05) is 6.54 Å². The van der Waals surface area contributed by atoms with Crippen LogP contribution in [0.1, 0.15) is 41.0 Å². The molecule has 1 atom stereocenters. The van der Waals surface area contributed by atoms with E-state index < -0.39 is 0 Å². The molecule has 1 heterocycles. The summed E-state index contributed by atoms with van der Waals surface area (Å²) in [5, 5.41) is 0. The summed E-state index contributed by atoms with van der Waals surface area (Å²) >= 11 is 0. The second-order valence-corrected chi connectivity index (χ2v) is 2.51. The Balaban J connectivity index is 0. The molecule has 0 aliphatic carbocycles. The van der Waals surface area contributed by atoms with Crippen LogP contribution in [0.2, 0.25) is 0 Å². The first-order chi connectivity index (χ1) is 6.29. The Hall–Kier alpha value is -0.790. The van der Waals surface area contributed by atoms with E-state index in [2.05, 4.69) is 18.0 Å². The van der Waals surface area contributed by atoms with Crippen LogP contribution in [-0.2, 0) is 0 Å². The Morgan fingerprint density at radius 1 is 1.31 bits per heavy atom. The van der Waals surface area contributed by atoms with Crippen molar-refractivity contribution < 1.29 is 0 Å². The van der Waals surface area contributed by atoms with E-state index in [-0.39, 0.29) is 0 Å². The van der Waals surface area contributed by atoms with Crippen molar-refractivity contribution in [2.45, 2.75) is 41.0 Å². The van der Waals surface area contributed by atoms with Crippen molar-refractivity contribution in [2.24, 2.45) is 16.6 Å². The van der Waals surface area contributed by atoms with Gasteiger partial charge in [0.25, 0.3) is 0 Å². The molecule has 0 radical (unpaired) electrons. The third-order valence-corrected chi connectivity index (χ3v) is 1.41. The maximum Gasteiger partial charge on any atom is 0.117 e. The van der Waals surface area contributed by atoms with Crippen molar-refractivity contribution in [2.75, 3.05) is 6.54 Å². The smallest absolute Gasteiger partial charge is 0.117 e. The zero-order valence-electron chi connectivity index (χ0n) is 9.67. The average molecular weight is 184 g/mol. The van der Waals surface area contributed by atoms with Crippen molar-refractivity contribution in [3.63, 3.8) is 0 Å². The molecule has 0 aromatic rings. The SMILES string of the molecule is CC.CC.CC1CC=CC(N)=NC1. The standard InChI is InChI=1S/C7H12N2.2C2H6/c1-6-3-2-4-7(8)9-5-6;2*1-2/h2,4,6H,3,5H2,1H3,(H2,8,9);2*1-2H3. The lowest BCUT2D eigenvalue weighted by molar-refractivity contribution is 0.611. The summed E-state index contributed by atoms with van der Waals surface area (Å²) in [6.07, 6.45) is 5.06. The molecule has 0 saturated carbocycles. The largest absolute Gasteiger partial charge is 0.384 e. The number of amidine groups is 1. The van der Waals surface area contributed by atoms with Crippen molar-refractivity contribution >= 4 is 5.84 Å². The third kappa shape index (κ3) is 9.12. The quantitative estimate of drug-likeness (QED) is 0.617. The molecule has 0 fully saturated rings. The average Bonchev–Trinajstić information content (AvgIpc) is 2.38. The summed E-state index contributed by atoms with van der Waals surface area (Å²) in [5.74, 6) is 1.32. The minimum absolute atomic E-state index is 0.655. The second-order valence-electron chi connectivity index (χ2n) is 2.51. The van der Waals surface area contributed by atoms with Crippen molar-refractivity contribution in [3.05, 3.63) is 12.2 Å². The normalized spacial score (nSPS) is 19.8. The minimum Gasteiger partial charge on any atom is -0.384 e. The predicted octanol–water partition coefficient (Wildman–Crippen LogP) is 2.99. The first-order valence-electron chi connectivity index (χ1n) is 5.25. The highest BCUT2D eigenvalue weighted by Crippen LogP contribution is 2.05. The van der Waals surface area contributed by atoms with E-state index in [4.69, 9.17) is 5.73 Å². The summed E-state index contributed by atoms with van der Waals surface area (Å²) in [6, 6.07) is 0. The number of hydrogen-bond donors (Lipinski definition) is 1. The van der Waals surface area contributed by atoms with E-state index in [0.717, 1.165) is 13.0 Å². The summed E-state index contributed by atoms with van der Waals surface area (Å²) in [7, 11) is 0. The monoisotopic (exact) mass is 184 g/mol. The molecule has 0 aromatic carbocycles. The molecule has 2 heteroatoms. The van der Waals surface area contributed by atoms with Gasteiger partial charge in [-0.25, -0.2) is 0 Å². The summed E-state index contributed by atoms with van der Waals surface area (Å²) < 4.78 is 0. The van der Waals surface area contributed by atoms with E-state index in [9.17, 15) is 0 Å². The maximum atomic E-state index is 5.46. The van der Waals surface area contributed by atoms with Gasteiger partial charge >= 0.3 is 0 Å². The van der Waals surface area contributed by atoms with Gasteiger partial charge in [-0.05, 0) is 18.4 Å². The van der Waals surface area contributed by atoms with E-state index in [0.29, 0.717) is 11.8 Å². The van der Waals surface area contributed by atoms with Crippen LogP contribution < -0.4 is 5.73 Å². The van der Waals surface area contributed by atoms with Gasteiger partial charge in [-0.1, -0.05) is 40.7 Å². The number of rotatable bonds is 0. The van der Waals surface area contributed by atoms with Crippen LogP contribution >= 0.6 is 0 Å². The third-order valence-electron chi connectivity index (χ3n) is 1.41. The van der Waals surface area contributed by atoms with E-state index in [1.54, 1.807) is 0 Å². The highest BCUT2D eigenvalue weighted by molar-refractivity contribution is 5.91. The zero-order valence-corrected chi connectivity index (χ0v) is 9.67. The molecule has 0 saturated heterocycles. The number of nitrogens with zero attached hydrogens (tertiary/aromatic N) is 1. The molecule has 0 aromatic heterocycles. The lowest BCUT2D eigenvalue weighted by atomic mass is 10.1. The van der Waals surface area contributed by atoms with Crippen molar-refractivity contribution in [1.29, 1.82) is 0 Å². The summed E-state index contributed by atoms with van der Waals surface area (Å²) in [4.78, 5) is 4.11. The van der Waals surface area contributed by atoms with Gasteiger partial charge < -0.3 is 5.73 Å². The van der Waals surface area contributed by atoms with Crippen LogP contribution in [-0.4, -0.2) is 12.4 Å². The minimum atomic E-state index is 0.655. The van der Waals surface area contributed by atoms with Crippen molar-refractivity contribution in [3.8, 4) is 0 Å². The van der Waals surface area contributed by atoms with Gasteiger partial charge in [0.05, 0.1) is 0 Å². The molecular weight excluding hydrogens is 160 g/mol. The molecule has 0 bridgehead atoms. The van der Waals surface area contributed by atoms with Gasteiger partial charge in [-0.15, -0.1) is 0 Å². The van der Waals surface area contributed by atoms with Crippen LogP contribution in [0.4, 0.5) is 0 Å². The lowest BCUT2D eigenvalue weighted by Crippen LogP contribution is -2.07. The molecule has 0 amide bonds. The fourth-order valence-corrected chi connectivity index (χ4v) is 0.810. The molecule has 2 N–H and O–H groups in total. The molecule has 13 heavy (non-hydrogen) atoms. The lowest BCUT2D eigenvalue weighted by Gasteiger charge is -1.99. The topological polar surface area (TPSA) is 38.4 Å². The van der Waals surface area contributed by atoms with Gasteiger partial charge in [0.2, 0.25) is 0 Å². The molecule has 1 unspecified atom stereocenters. The zero-order chi connectivity index (χ0) is 10.7. The van der Waals surface area contributed by atoms with Crippen LogP contribution in [0.15, 0.2) is 17.1 Å². The van der Waals surface area contributed by atoms with Crippen molar-refractivity contribution in [1.82, 2.24) is 0 Å². The van der Waals surface area contributed by atoms with Gasteiger partial charge in [-0.3, -0.25) is 4.99 Å². The summed E-state index contributed by atoms with van der Waals surface area (Å²) in [6.45, 7) is 11.0. The maximum absolute atomic E-state index is 5.46. The van der Waals surface area contributed by atoms with Crippen LogP contribution in [0.3, 0.4) is 0 Å². The van der Waals surface area contributed by atoms with Gasteiger partial charge in [0.1, 0.15) is 5.84 Å². The number of nitrogens with two attached hydrogens (primary N) is 1. The molecule has 2 nitrogen and oxygen atoms in total. The number of aliphatic imine (C=N–C) groups is 1. The molecule has 78 valence electrons. The molecule has 1 aliphatic heterocycles. The van der Waals surface area contributed by atoms with E-state index in [1.165, 1.54) is 0 Å². The molecule has 1 rings (SSSR count). The van der Waals surface area contributed by atoms with Crippen LogP contribution in [0.5, 0.6) is 0 Å². The van der Waals surface area contributed by atoms with Gasteiger partial charge in [0.15, 0.2) is 0 Å². The Kier molecular flexibility index (Phi) is 12.7. The second kappa shape index (κ2) is 11.2.